The van der Waals surface area contributed by atoms with Crippen LogP contribution in [0.4, 0.5) is 11.5 Å². The highest BCUT2D eigenvalue weighted by Crippen LogP contribution is 2.17. The van der Waals surface area contributed by atoms with Crippen LogP contribution in [-0.4, -0.2) is 15.9 Å². The van der Waals surface area contributed by atoms with Crippen molar-refractivity contribution in [1.82, 2.24) is 9.97 Å². The molecule has 0 aliphatic carbocycles. The molecule has 19 heavy (non-hydrogen) atoms. The summed E-state index contributed by atoms with van der Waals surface area (Å²) in [5, 5.41) is 2.71. The zero-order valence-electron chi connectivity index (χ0n) is 10.7. The Morgan fingerprint density at radius 2 is 1.95 bits per heavy atom. The number of hydrogen-bond donors (Lipinski definition) is 2. The van der Waals surface area contributed by atoms with Crippen molar-refractivity contribution in [1.29, 1.82) is 0 Å². The fourth-order valence-electron chi connectivity index (χ4n) is 1.27. The minimum absolute atomic E-state index is 0.194. The maximum absolute atomic E-state index is 11.9. The van der Waals surface area contributed by atoms with Crippen LogP contribution in [-0.2, 0) is 0 Å². The van der Waals surface area contributed by atoms with E-state index in [-0.39, 0.29) is 11.7 Å². The first-order valence-electron chi connectivity index (χ1n) is 5.79. The summed E-state index contributed by atoms with van der Waals surface area (Å²) in [5.74, 6) is -0.109. The van der Waals surface area contributed by atoms with Gasteiger partial charge in [-0.1, -0.05) is 13.8 Å². The highest BCUT2D eigenvalue weighted by atomic mass is 79.9. The van der Waals surface area contributed by atoms with E-state index in [1.807, 2.05) is 13.8 Å². The van der Waals surface area contributed by atoms with Gasteiger partial charge in [-0.2, -0.15) is 0 Å². The number of nitrogens with one attached hydrogen (secondary N) is 1. The number of hydrogen-bond acceptors (Lipinski definition) is 4. The van der Waals surface area contributed by atoms with Gasteiger partial charge < -0.3 is 11.1 Å². The molecule has 0 bridgehead atoms. The number of nitrogens with zero attached hydrogens (tertiary/aromatic N) is 2. The lowest BCUT2D eigenvalue weighted by molar-refractivity contribution is 0.102. The Labute approximate surface area is 120 Å². The number of nitrogen functional groups attached to an aromatic ring is 1. The first-order chi connectivity index (χ1) is 9.16. The number of aromatic nitrogens is 2. The predicted octanol–water partition coefficient (Wildman–Crippen LogP) is 3.10. The van der Waals surface area contributed by atoms with Crippen molar-refractivity contribution >= 4 is 33.3 Å². The van der Waals surface area contributed by atoms with Gasteiger partial charge in [-0.05, 0) is 34.1 Å². The highest BCUT2D eigenvalue weighted by Gasteiger charge is 2.11. The SMILES string of the molecule is CC.Nc1ncc(Br)cc1C(=O)Nc1ccncc1. The summed E-state index contributed by atoms with van der Waals surface area (Å²) in [7, 11) is 0. The standard InChI is InChI=1S/C11H9BrN4O.C2H6/c12-7-5-9(10(13)15-6-7)11(17)16-8-1-3-14-4-2-8;1-2/h1-6H,(H2,13,15)(H,14,16,17);1-2H3. The van der Waals surface area contributed by atoms with E-state index in [1.165, 1.54) is 0 Å². The third-order valence-corrected chi connectivity index (χ3v) is 2.50. The van der Waals surface area contributed by atoms with Gasteiger partial charge in [-0.3, -0.25) is 9.78 Å². The molecule has 0 aliphatic heterocycles. The quantitative estimate of drug-likeness (QED) is 0.890. The molecule has 0 fully saturated rings. The van der Waals surface area contributed by atoms with Gasteiger partial charge in [0.2, 0.25) is 0 Å². The van der Waals surface area contributed by atoms with E-state index in [9.17, 15) is 4.79 Å². The van der Waals surface area contributed by atoms with Crippen LogP contribution in [0.5, 0.6) is 0 Å². The van der Waals surface area contributed by atoms with Crippen LogP contribution < -0.4 is 11.1 Å². The van der Waals surface area contributed by atoms with Crippen LogP contribution >= 0.6 is 15.9 Å². The van der Waals surface area contributed by atoms with E-state index in [4.69, 9.17) is 5.73 Å². The van der Waals surface area contributed by atoms with Gasteiger partial charge >= 0.3 is 0 Å². The molecule has 6 heteroatoms. The molecule has 0 saturated carbocycles. The molecule has 0 atom stereocenters. The van der Waals surface area contributed by atoms with E-state index in [0.29, 0.717) is 15.7 Å². The predicted molar refractivity (Wildman–Crippen MR) is 79.9 cm³/mol. The summed E-state index contributed by atoms with van der Waals surface area (Å²) in [6.07, 6.45) is 4.73. The largest absolute Gasteiger partial charge is 0.383 e. The molecule has 0 aliphatic rings. The maximum Gasteiger partial charge on any atom is 0.259 e. The maximum atomic E-state index is 11.9. The van der Waals surface area contributed by atoms with Crippen LogP contribution in [0.15, 0.2) is 41.3 Å². The van der Waals surface area contributed by atoms with Gasteiger partial charge in [0, 0.05) is 28.8 Å². The van der Waals surface area contributed by atoms with Crippen LogP contribution in [0.3, 0.4) is 0 Å². The molecule has 2 rings (SSSR count). The van der Waals surface area contributed by atoms with E-state index < -0.39 is 0 Å². The smallest absolute Gasteiger partial charge is 0.259 e. The van der Waals surface area contributed by atoms with Gasteiger partial charge in [0.25, 0.3) is 5.91 Å². The molecular formula is C13H15BrN4O. The van der Waals surface area contributed by atoms with Crippen LogP contribution in [0.2, 0.25) is 0 Å². The Balaban J connectivity index is 0.000000861. The van der Waals surface area contributed by atoms with E-state index in [0.717, 1.165) is 0 Å². The monoisotopic (exact) mass is 322 g/mol. The zero-order chi connectivity index (χ0) is 14.3. The van der Waals surface area contributed by atoms with Gasteiger partial charge in [-0.15, -0.1) is 0 Å². The summed E-state index contributed by atoms with van der Waals surface area (Å²) in [5.41, 5.74) is 6.63. The summed E-state index contributed by atoms with van der Waals surface area (Å²) >= 11 is 3.24. The Morgan fingerprint density at radius 3 is 2.58 bits per heavy atom. The summed E-state index contributed by atoms with van der Waals surface area (Å²) in [6, 6.07) is 5.01. The van der Waals surface area contributed by atoms with E-state index >= 15 is 0 Å². The van der Waals surface area contributed by atoms with Crippen molar-refractivity contribution < 1.29 is 4.79 Å². The molecule has 1 amide bonds. The third kappa shape index (κ3) is 4.33. The average Bonchev–Trinajstić information content (AvgIpc) is 2.45. The Morgan fingerprint density at radius 1 is 1.32 bits per heavy atom. The Bertz CT molecular complexity index is 546. The number of nitrogens with two attached hydrogens (primary N) is 1. The number of carbonyl (C=O) groups is 1. The molecule has 2 aromatic rings. The van der Waals surface area contributed by atoms with Crippen molar-refractivity contribution in [2.75, 3.05) is 11.1 Å². The highest BCUT2D eigenvalue weighted by molar-refractivity contribution is 9.10. The van der Waals surface area contributed by atoms with Crippen LogP contribution in [0, 0.1) is 0 Å². The van der Waals surface area contributed by atoms with E-state index in [1.54, 1.807) is 36.8 Å². The second kappa shape index (κ2) is 7.48. The topological polar surface area (TPSA) is 80.9 Å². The first kappa shape index (κ1) is 15.1. The molecule has 0 radical (unpaired) electrons. The Hall–Kier alpha value is -1.95. The Kier molecular flexibility index (Phi) is 5.95. The van der Waals surface area contributed by atoms with Gasteiger partial charge in [-0.25, -0.2) is 4.98 Å². The summed E-state index contributed by atoms with van der Waals surface area (Å²) in [6.45, 7) is 4.00. The lowest BCUT2D eigenvalue weighted by Crippen LogP contribution is -2.14. The molecule has 0 saturated heterocycles. The van der Waals surface area contributed by atoms with Crippen molar-refractivity contribution in [2.45, 2.75) is 13.8 Å². The lowest BCUT2D eigenvalue weighted by atomic mass is 10.2. The second-order valence-corrected chi connectivity index (χ2v) is 4.19. The molecule has 2 aromatic heterocycles. The third-order valence-electron chi connectivity index (χ3n) is 2.07. The fraction of sp³-hybridized carbons (Fsp3) is 0.154. The molecule has 0 unspecified atom stereocenters. The molecule has 0 aromatic carbocycles. The molecule has 0 spiro atoms. The van der Waals surface area contributed by atoms with Gasteiger partial charge in [0.05, 0.1) is 5.56 Å². The minimum Gasteiger partial charge on any atom is -0.383 e. The number of carbonyl (C=O) groups excluding carboxylic acids is 1. The number of pyridine rings is 2. The summed E-state index contributed by atoms with van der Waals surface area (Å²) in [4.78, 5) is 19.7. The number of halogens is 1. The molecule has 3 N–H and O–H groups in total. The van der Waals surface area contributed by atoms with Gasteiger partial charge in [0.15, 0.2) is 0 Å². The first-order valence-corrected chi connectivity index (χ1v) is 6.58. The van der Waals surface area contributed by atoms with Crippen molar-refractivity contribution in [2.24, 2.45) is 0 Å². The van der Waals surface area contributed by atoms with Crippen LogP contribution in [0.1, 0.15) is 24.2 Å². The average molecular weight is 323 g/mol. The second-order valence-electron chi connectivity index (χ2n) is 3.28. The normalized spacial score (nSPS) is 9.21. The number of amides is 1. The molecule has 5 nitrogen and oxygen atoms in total. The molecule has 2 heterocycles. The summed E-state index contributed by atoms with van der Waals surface area (Å²) < 4.78 is 0.701. The zero-order valence-corrected chi connectivity index (χ0v) is 12.3. The number of anilines is 2. The van der Waals surface area contributed by atoms with Crippen LogP contribution in [0.25, 0.3) is 0 Å². The fourth-order valence-corrected chi connectivity index (χ4v) is 1.60. The molecule has 100 valence electrons. The van der Waals surface area contributed by atoms with Gasteiger partial charge in [0.1, 0.15) is 5.82 Å². The minimum atomic E-state index is -0.303. The lowest BCUT2D eigenvalue weighted by Gasteiger charge is -2.06. The van der Waals surface area contributed by atoms with Crippen molar-refractivity contribution in [3.05, 3.63) is 46.8 Å². The van der Waals surface area contributed by atoms with Crippen molar-refractivity contribution in [3.8, 4) is 0 Å². The molecular weight excluding hydrogens is 308 g/mol. The van der Waals surface area contributed by atoms with E-state index in [2.05, 4.69) is 31.2 Å². The van der Waals surface area contributed by atoms with Crippen molar-refractivity contribution in [3.63, 3.8) is 0 Å². The number of rotatable bonds is 2.